The molecule has 1 unspecified atom stereocenters. The first kappa shape index (κ1) is 14.9. The molecule has 0 bridgehead atoms. The van der Waals surface area contributed by atoms with Gasteiger partial charge in [-0.3, -0.25) is 0 Å². The van der Waals surface area contributed by atoms with Gasteiger partial charge in [0.15, 0.2) is 0 Å². The van der Waals surface area contributed by atoms with E-state index < -0.39 is 0 Å². The van der Waals surface area contributed by atoms with Crippen LogP contribution in [0.5, 0.6) is 11.5 Å². The van der Waals surface area contributed by atoms with Crippen LogP contribution in [0.2, 0.25) is 0 Å². The second-order valence-electron chi connectivity index (χ2n) is 4.02. The third kappa shape index (κ3) is 4.59. The molecule has 18 heavy (non-hydrogen) atoms. The van der Waals surface area contributed by atoms with Gasteiger partial charge in [-0.05, 0) is 30.5 Å². The lowest BCUT2D eigenvalue weighted by Gasteiger charge is -2.14. The molecule has 0 fully saturated rings. The molecule has 0 saturated heterocycles. The Hall–Kier alpha value is -1.19. The van der Waals surface area contributed by atoms with E-state index in [1.165, 1.54) is 5.54 Å². The molecule has 0 spiro atoms. The van der Waals surface area contributed by atoms with E-state index in [9.17, 15) is 0 Å². The van der Waals surface area contributed by atoms with Crippen LogP contribution >= 0.6 is 11.6 Å². The second kappa shape index (κ2) is 8.01. The molecule has 0 aliphatic heterocycles. The van der Waals surface area contributed by atoms with Gasteiger partial charge in [-0.25, -0.2) is 0 Å². The fourth-order valence-corrected chi connectivity index (χ4v) is 1.64. The van der Waals surface area contributed by atoms with Crippen LogP contribution in [-0.4, -0.2) is 19.8 Å². The summed E-state index contributed by atoms with van der Waals surface area (Å²) in [6.07, 6.45) is 3.47. The summed E-state index contributed by atoms with van der Waals surface area (Å²) in [7, 11) is 1.63. The van der Waals surface area contributed by atoms with E-state index in [4.69, 9.17) is 26.8 Å². The first-order valence-electron chi connectivity index (χ1n) is 6.01. The summed E-state index contributed by atoms with van der Waals surface area (Å²) in [6, 6.07) is 5.93. The van der Waals surface area contributed by atoms with E-state index in [0.717, 1.165) is 29.9 Å². The van der Waals surface area contributed by atoms with Crippen LogP contribution in [0, 0.1) is 0 Å². The normalized spacial score (nSPS) is 12.7. The highest BCUT2D eigenvalue weighted by molar-refractivity contribution is 6.25. The summed E-state index contributed by atoms with van der Waals surface area (Å²) in [5.74, 6) is 1.57. The van der Waals surface area contributed by atoms with Gasteiger partial charge in [-0.15, -0.1) is 0 Å². The van der Waals surface area contributed by atoms with Gasteiger partial charge < -0.3 is 15.2 Å². The van der Waals surface area contributed by atoms with E-state index in [1.807, 2.05) is 18.2 Å². The van der Waals surface area contributed by atoms with Gasteiger partial charge in [0.05, 0.1) is 7.11 Å². The molecular weight excluding hydrogens is 250 g/mol. The van der Waals surface area contributed by atoms with Crippen molar-refractivity contribution in [2.24, 2.45) is 5.73 Å². The Bertz CT molecular complexity index is 393. The van der Waals surface area contributed by atoms with Gasteiger partial charge in [0.2, 0.25) is 0 Å². The first-order chi connectivity index (χ1) is 8.71. The predicted octanol–water partition coefficient (Wildman–Crippen LogP) is 3.11. The van der Waals surface area contributed by atoms with Gasteiger partial charge in [0.25, 0.3) is 0 Å². The molecule has 100 valence electrons. The lowest BCUT2D eigenvalue weighted by molar-refractivity contribution is 0.351. The summed E-state index contributed by atoms with van der Waals surface area (Å²) in [4.78, 5) is 0. The Morgan fingerprint density at radius 1 is 1.44 bits per heavy atom. The molecule has 1 aromatic rings. The van der Waals surface area contributed by atoms with Crippen molar-refractivity contribution in [3.05, 3.63) is 35.4 Å². The molecule has 0 saturated carbocycles. The first-order valence-corrected chi connectivity index (χ1v) is 6.45. The van der Waals surface area contributed by atoms with Crippen molar-refractivity contribution >= 4 is 11.6 Å². The van der Waals surface area contributed by atoms with Crippen LogP contribution in [0.4, 0.5) is 0 Å². The number of hydrogen-bond donors (Lipinski definition) is 1. The average Bonchev–Trinajstić information content (AvgIpc) is 2.40. The Labute approximate surface area is 114 Å². The van der Waals surface area contributed by atoms with Crippen molar-refractivity contribution < 1.29 is 9.47 Å². The van der Waals surface area contributed by atoms with Crippen molar-refractivity contribution in [3.8, 4) is 11.5 Å². The van der Waals surface area contributed by atoms with Crippen LogP contribution in [0.3, 0.4) is 0 Å². The fraction of sp³-hybridized carbons (Fsp3) is 0.429. The smallest absolute Gasteiger partial charge is 0.126 e. The molecule has 0 radical (unpaired) electrons. The molecule has 2 N–H and O–H groups in total. The van der Waals surface area contributed by atoms with E-state index in [2.05, 4.69) is 6.92 Å². The summed E-state index contributed by atoms with van der Waals surface area (Å²) < 4.78 is 10.9. The lowest BCUT2D eigenvalue weighted by Crippen LogP contribution is -2.21. The van der Waals surface area contributed by atoms with Crippen molar-refractivity contribution in [3.63, 3.8) is 0 Å². The topological polar surface area (TPSA) is 44.5 Å². The molecule has 1 aromatic carbocycles. The predicted molar refractivity (Wildman–Crippen MR) is 75.5 cm³/mol. The molecule has 0 aliphatic rings. The molecule has 0 heterocycles. The number of methoxy groups -OCH3 is 1. The second-order valence-corrected chi connectivity index (χ2v) is 4.27. The maximum atomic E-state index is 5.98. The zero-order chi connectivity index (χ0) is 13.4. The number of nitrogens with two attached hydrogens (primary N) is 1. The highest BCUT2D eigenvalue weighted by Gasteiger charge is 2.09. The molecule has 4 heteroatoms. The summed E-state index contributed by atoms with van der Waals surface area (Å²) in [5.41, 5.74) is 8.51. The molecular formula is C14H20ClNO2. The van der Waals surface area contributed by atoms with Gasteiger partial charge in [0, 0.05) is 17.6 Å². The molecule has 1 atom stereocenters. The largest absolute Gasteiger partial charge is 0.497 e. The van der Waals surface area contributed by atoms with Gasteiger partial charge in [0.1, 0.15) is 18.1 Å². The lowest BCUT2D eigenvalue weighted by atomic mass is 10.0. The van der Waals surface area contributed by atoms with Crippen molar-refractivity contribution in [2.45, 2.75) is 25.8 Å². The van der Waals surface area contributed by atoms with Crippen molar-refractivity contribution in [2.75, 3.05) is 13.7 Å². The molecule has 0 amide bonds. The van der Waals surface area contributed by atoms with Crippen LogP contribution in [-0.2, 0) is 6.42 Å². The molecule has 0 aliphatic carbocycles. The summed E-state index contributed by atoms with van der Waals surface area (Å²) in [6.45, 7) is 2.51. The van der Waals surface area contributed by atoms with Crippen LogP contribution in [0.1, 0.15) is 18.9 Å². The molecule has 0 aromatic heterocycles. The maximum absolute atomic E-state index is 5.98. The standard InChI is InChI=1S/C14H20ClNO2/c1-3-12(16)9-11-5-6-13(17-2)10-14(11)18-8-4-7-15/h4-7,10,12H,3,8-9,16H2,1-2H3/b7-4+. The van der Waals surface area contributed by atoms with Crippen LogP contribution in [0.15, 0.2) is 29.8 Å². The van der Waals surface area contributed by atoms with E-state index in [-0.39, 0.29) is 6.04 Å². The van der Waals surface area contributed by atoms with E-state index in [1.54, 1.807) is 13.2 Å². The SMILES string of the molecule is CCC(N)Cc1ccc(OC)cc1OC/C=C/Cl. The number of hydrogen-bond acceptors (Lipinski definition) is 3. The van der Waals surface area contributed by atoms with Crippen LogP contribution < -0.4 is 15.2 Å². The third-order valence-corrected chi connectivity index (χ3v) is 2.88. The molecule has 3 nitrogen and oxygen atoms in total. The van der Waals surface area contributed by atoms with Crippen LogP contribution in [0.25, 0.3) is 0 Å². The van der Waals surface area contributed by atoms with Crippen molar-refractivity contribution in [1.82, 2.24) is 0 Å². The van der Waals surface area contributed by atoms with Crippen molar-refractivity contribution in [1.29, 1.82) is 0 Å². The zero-order valence-electron chi connectivity index (χ0n) is 10.9. The monoisotopic (exact) mass is 269 g/mol. The highest BCUT2D eigenvalue weighted by Crippen LogP contribution is 2.26. The van der Waals surface area contributed by atoms with Gasteiger partial charge in [-0.2, -0.15) is 0 Å². The van der Waals surface area contributed by atoms with E-state index in [0.29, 0.717) is 6.61 Å². The summed E-state index contributed by atoms with van der Waals surface area (Å²) >= 11 is 5.47. The number of rotatable bonds is 7. The number of benzene rings is 1. The minimum atomic E-state index is 0.143. The molecule has 1 rings (SSSR count). The Balaban J connectivity index is 2.85. The van der Waals surface area contributed by atoms with E-state index >= 15 is 0 Å². The van der Waals surface area contributed by atoms with Gasteiger partial charge in [-0.1, -0.05) is 24.6 Å². The third-order valence-electron chi connectivity index (χ3n) is 2.70. The minimum absolute atomic E-state index is 0.143. The quantitative estimate of drug-likeness (QED) is 0.827. The fourth-order valence-electron chi connectivity index (χ4n) is 1.57. The zero-order valence-corrected chi connectivity index (χ0v) is 11.6. The average molecular weight is 270 g/mol. The Morgan fingerprint density at radius 2 is 2.22 bits per heavy atom. The number of halogens is 1. The van der Waals surface area contributed by atoms with Gasteiger partial charge >= 0.3 is 0 Å². The Morgan fingerprint density at radius 3 is 2.83 bits per heavy atom. The minimum Gasteiger partial charge on any atom is -0.497 e. The highest BCUT2D eigenvalue weighted by atomic mass is 35.5. The Kier molecular flexibility index (Phi) is 6.61. The summed E-state index contributed by atoms with van der Waals surface area (Å²) in [5, 5.41) is 0. The maximum Gasteiger partial charge on any atom is 0.126 e. The number of ether oxygens (including phenoxy) is 2.